The minimum Gasteiger partial charge on any atom is -0.299 e. The molecule has 2 aromatic carbocycles. The predicted molar refractivity (Wildman–Crippen MR) is 106 cm³/mol. The van der Waals surface area contributed by atoms with Gasteiger partial charge in [0.15, 0.2) is 11.6 Å². The normalized spacial score (nSPS) is 19.0. The van der Waals surface area contributed by atoms with E-state index in [0.29, 0.717) is 36.8 Å². The lowest BCUT2D eigenvalue weighted by Gasteiger charge is -2.26. The highest BCUT2D eigenvalue weighted by atomic mass is 16.2. The molecule has 0 amide bonds. The van der Waals surface area contributed by atoms with Gasteiger partial charge in [0.1, 0.15) is 11.6 Å². The fourth-order valence-corrected chi connectivity index (χ4v) is 3.79. The lowest BCUT2D eigenvalue weighted by molar-refractivity contribution is -0.127. The second-order valence-electron chi connectivity index (χ2n) is 7.41. The van der Waals surface area contributed by atoms with Crippen LogP contribution in [0.25, 0.3) is 0 Å². The third-order valence-corrected chi connectivity index (χ3v) is 5.50. The first-order valence-corrected chi connectivity index (χ1v) is 9.76. The van der Waals surface area contributed by atoms with Gasteiger partial charge in [-0.1, -0.05) is 60.7 Å². The summed E-state index contributed by atoms with van der Waals surface area (Å²) >= 11 is 0. The molecule has 0 heterocycles. The van der Waals surface area contributed by atoms with Gasteiger partial charge in [-0.2, -0.15) is 0 Å². The predicted octanol–water partition coefficient (Wildman–Crippen LogP) is 4.48. The Morgan fingerprint density at radius 1 is 0.571 bits per heavy atom. The molecule has 3 rings (SSSR count). The molecular formula is C24H24O4. The molecule has 0 spiro atoms. The SMILES string of the molecule is O=C(CC(=O)C1CCC(C(=O)CC(=O)c2ccccc2)CC1)c1ccccc1. The van der Waals surface area contributed by atoms with E-state index in [2.05, 4.69) is 0 Å². The first-order valence-electron chi connectivity index (χ1n) is 9.76. The number of carbonyl (C=O) groups excluding carboxylic acids is 4. The monoisotopic (exact) mass is 376 g/mol. The van der Waals surface area contributed by atoms with Crippen molar-refractivity contribution in [2.45, 2.75) is 38.5 Å². The molecule has 0 aromatic heterocycles. The quantitative estimate of drug-likeness (QED) is 0.503. The Labute approximate surface area is 165 Å². The maximum absolute atomic E-state index is 12.5. The van der Waals surface area contributed by atoms with E-state index in [1.807, 2.05) is 12.1 Å². The van der Waals surface area contributed by atoms with Crippen molar-refractivity contribution in [2.24, 2.45) is 11.8 Å². The molecule has 0 radical (unpaired) electrons. The van der Waals surface area contributed by atoms with Crippen molar-refractivity contribution in [3.8, 4) is 0 Å². The molecule has 4 heteroatoms. The lowest BCUT2D eigenvalue weighted by atomic mass is 9.76. The van der Waals surface area contributed by atoms with Crippen molar-refractivity contribution >= 4 is 23.1 Å². The van der Waals surface area contributed by atoms with Gasteiger partial charge in [-0.05, 0) is 25.7 Å². The molecular weight excluding hydrogens is 352 g/mol. The summed E-state index contributed by atoms with van der Waals surface area (Å²) in [4.78, 5) is 49.4. The van der Waals surface area contributed by atoms with E-state index in [9.17, 15) is 19.2 Å². The van der Waals surface area contributed by atoms with Gasteiger partial charge in [0, 0.05) is 23.0 Å². The second-order valence-corrected chi connectivity index (χ2v) is 7.41. The number of hydrogen-bond donors (Lipinski definition) is 0. The van der Waals surface area contributed by atoms with E-state index < -0.39 is 0 Å². The van der Waals surface area contributed by atoms with Crippen LogP contribution in [0.3, 0.4) is 0 Å². The number of benzene rings is 2. The Hall–Kier alpha value is -2.88. The molecule has 1 saturated carbocycles. The molecule has 0 aliphatic heterocycles. The zero-order valence-electron chi connectivity index (χ0n) is 15.8. The average molecular weight is 376 g/mol. The molecule has 4 nitrogen and oxygen atoms in total. The van der Waals surface area contributed by atoms with Gasteiger partial charge in [-0.15, -0.1) is 0 Å². The van der Waals surface area contributed by atoms with Gasteiger partial charge in [-0.25, -0.2) is 0 Å². The summed E-state index contributed by atoms with van der Waals surface area (Å²) in [6.45, 7) is 0. The minimum absolute atomic E-state index is 0.0416. The zero-order chi connectivity index (χ0) is 19.9. The van der Waals surface area contributed by atoms with E-state index >= 15 is 0 Å². The Balaban J connectivity index is 1.47. The van der Waals surface area contributed by atoms with Crippen molar-refractivity contribution < 1.29 is 19.2 Å². The molecule has 1 aliphatic rings. The highest BCUT2D eigenvalue weighted by molar-refractivity contribution is 6.09. The summed E-state index contributed by atoms with van der Waals surface area (Å²) in [5.74, 6) is -0.724. The van der Waals surface area contributed by atoms with Crippen molar-refractivity contribution in [3.05, 3.63) is 71.8 Å². The topological polar surface area (TPSA) is 68.3 Å². The second kappa shape index (κ2) is 9.36. The summed E-state index contributed by atoms with van der Waals surface area (Å²) < 4.78 is 0. The molecule has 2 aromatic rings. The van der Waals surface area contributed by atoms with Crippen LogP contribution in [0.4, 0.5) is 0 Å². The molecule has 1 fully saturated rings. The first kappa shape index (κ1) is 19.9. The highest BCUT2D eigenvalue weighted by Crippen LogP contribution is 2.31. The van der Waals surface area contributed by atoms with E-state index in [1.165, 1.54) is 0 Å². The van der Waals surface area contributed by atoms with Crippen LogP contribution < -0.4 is 0 Å². The standard InChI is InChI=1S/C24H24O4/c25-21(17-7-3-1-4-8-17)15-23(27)19-11-13-20(14-12-19)24(28)16-22(26)18-9-5-2-6-10-18/h1-10,19-20H,11-16H2. The number of hydrogen-bond acceptors (Lipinski definition) is 4. The van der Waals surface area contributed by atoms with Gasteiger partial charge < -0.3 is 0 Å². The number of carbonyl (C=O) groups is 4. The van der Waals surface area contributed by atoms with Gasteiger partial charge in [0.25, 0.3) is 0 Å². The number of Topliss-reactive ketones (excluding diaryl/α,β-unsaturated/α-hetero) is 4. The summed E-state index contributed by atoms with van der Waals surface area (Å²) in [5.41, 5.74) is 1.11. The zero-order valence-corrected chi connectivity index (χ0v) is 15.8. The molecule has 0 bridgehead atoms. The minimum atomic E-state index is -0.165. The largest absolute Gasteiger partial charge is 0.299 e. The van der Waals surface area contributed by atoms with Gasteiger partial charge in [0.2, 0.25) is 0 Å². The fourth-order valence-electron chi connectivity index (χ4n) is 3.79. The van der Waals surface area contributed by atoms with Crippen LogP contribution in [-0.4, -0.2) is 23.1 Å². The lowest BCUT2D eigenvalue weighted by Crippen LogP contribution is -2.28. The third kappa shape index (κ3) is 5.10. The third-order valence-electron chi connectivity index (χ3n) is 5.50. The van der Waals surface area contributed by atoms with Crippen molar-refractivity contribution in [1.82, 2.24) is 0 Å². The maximum Gasteiger partial charge on any atom is 0.170 e. The number of ketones is 4. The van der Waals surface area contributed by atoms with E-state index in [4.69, 9.17) is 0 Å². The van der Waals surface area contributed by atoms with E-state index in [1.54, 1.807) is 48.5 Å². The Kier molecular flexibility index (Phi) is 6.64. The average Bonchev–Trinajstić information content (AvgIpc) is 2.75. The molecule has 0 saturated heterocycles. The highest BCUT2D eigenvalue weighted by Gasteiger charge is 2.31. The maximum atomic E-state index is 12.5. The summed E-state index contributed by atoms with van der Waals surface area (Å²) in [5, 5.41) is 0. The fraction of sp³-hybridized carbons (Fsp3) is 0.333. The Morgan fingerprint density at radius 2 is 0.893 bits per heavy atom. The molecule has 28 heavy (non-hydrogen) atoms. The smallest absolute Gasteiger partial charge is 0.170 e. The summed E-state index contributed by atoms with van der Waals surface area (Å²) in [6, 6.07) is 17.7. The molecule has 1 aliphatic carbocycles. The van der Waals surface area contributed by atoms with Crippen LogP contribution in [0.5, 0.6) is 0 Å². The van der Waals surface area contributed by atoms with Gasteiger partial charge >= 0.3 is 0 Å². The molecule has 0 atom stereocenters. The van der Waals surface area contributed by atoms with Crippen LogP contribution in [0.2, 0.25) is 0 Å². The summed E-state index contributed by atoms with van der Waals surface area (Å²) in [7, 11) is 0. The first-order chi connectivity index (χ1) is 13.5. The summed E-state index contributed by atoms with van der Waals surface area (Å²) in [6.07, 6.45) is 2.26. The van der Waals surface area contributed by atoms with Crippen LogP contribution in [0.15, 0.2) is 60.7 Å². The van der Waals surface area contributed by atoms with Crippen molar-refractivity contribution in [3.63, 3.8) is 0 Å². The van der Waals surface area contributed by atoms with Crippen LogP contribution in [0, 0.1) is 11.8 Å². The van der Waals surface area contributed by atoms with Crippen molar-refractivity contribution in [2.75, 3.05) is 0 Å². The Morgan fingerprint density at radius 3 is 1.21 bits per heavy atom. The molecule has 144 valence electrons. The molecule has 0 N–H and O–H groups in total. The van der Waals surface area contributed by atoms with Gasteiger partial charge in [-0.3, -0.25) is 19.2 Å². The Bertz CT molecular complexity index is 773. The number of rotatable bonds is 8. The van der Waals surface area contributed by atoms with Crippen LogP contribution in [0.1, 0.15) is 59.2 Å². The van der Waals surface area contributed by atoms with Gasteiger partial charge in [0.05, 0.1) is 12.8 Å². The van der Waals surface area contributed by atoms with E-state index in [0.717, 1.165) is 0 Å². The van der Waals surface area contributed by atoms with Crippen LogP contribution in [-0.2, 0) is 9.59 Å². The van der Waals surface area contributed by atoms with E-state index in [-0.39, 0.29) is 47.8 Å². The van der Waals surface area contributed by atoms with Crippen LogP contribution >= 0.6 is 0 Å². The molecule has 0 unspecified atom stereocenters. The van der Waals surface area contributed by atoms with Crippen molar-refractivity contribution in [1.29, 1.82) is 0 Å².